The summed E-state index contributed by atoms with van der Waals surface area (Å²) in [4.78, 5) is 47.8. The van der Waals surface area contributed by atoms with Crippen LogP contribution in [0.4, 0.5) is 5.69 Å². The normalized spacial score (nSPS) is 14.5. The van der Waals surface area contributed by atoms with Crippen molar-refractivity contribution in [3.05, 3.63) is 87.0 Å². The molecule has 0 saturated carbocycles. The average Bonchev–Trinajstić information content (AvgIpc) is 3.16. The lowest BCUT2D eigenvalue weighted by Gasteiger charge is -2.32. The number of anilines is 1. The summed E-state index contributed by atoms with van der Waals surface area (Å²) in [5.74, 6) is 0.0407. The fourth-order valence-electron chi connectivity index (χ4n) is 4.33. The number of likely N-dealkylation sites (tertiary alicyclic amines) is 1. The van der Waals surface area contributed by atoms with E-state index in [1.807, 2.05) is 12.1 Å². The Hall–Kier alpha value is -4.14. The van der Waals surface area contributed by atoms with E-state index in [2.05, 4.69) is 15.3 Å². The number of rotatable bonds is 4. The first-order chi connectivity index (χ1) is 16.0. The number of aromatic amines is 1. The van der Waals surface area contributed by atoms with Crippen molar-refractivity contribution in [2.24, 2.45) is 0 Å². The van der Waals surface area contributed by atoms with Crippen molar-refractivity contribution in [2.45, 2.75) is 25.8 Å². The molecule has 168 valence electrons. The zero-order chi connectivity index (χ0) is 22.9. The standard InChI is InChI=1S/C24H23N5O4/c1-15-19(22(30)28-12-9-16(10-13-28)26-17-6-5-11-25-14-17)20-21(33-15)27-24(32)29(23(20)31)18-7-3-2-4-8-18/h2-8,11,14,16,26H,9-10,12-13H2,1H3,(H,27,32). The highest BCUT2D eigenvalue weighted by atomic mass is 16.3. The molecule has 1 aliphatic heterocycles. The molecule has 33 heavy (non-hydrogen) atoms. The molecule has 1 fully saturated rings. The number of aryl methyl sites for hydroxylation is 1. The van der Waals surface area contributed by atoms with E-state index in [4.69, 9.17) is 4.42 Å². The number of carbonyl (C=O) groups is 1. The summed E-state index contributed by atoms with van der Waals surface area (Å²) in [6, 6.07) is 12.7. The maximum atomic E-state index is 13.4. The summed E-state index contributed by atoms with van der Waals surface area (Å²) in [5, 5.41) is 3.54. The van der Waals surface area contributed by atoms with Crippen molar-refractivity contribution < 1.29 is 9.21 Å². The number of carbonyl (C=O) groups excluding carboxylic acids is 1. The van der Waals surface area contributed by atoms with E-state index in [1.54, 1.807) is 54.5 Å². The molecule has 0 unspecified atom stereocenters. The molecule has 1 aromatic carbocycles. The molecule has 9 nitrogen and oxygen atoms in total. The minimum Gasteiger partial charge on any atom is -0.444 e. The first-order valence-electron chi connectivity index (χ1n) is 10.8. The van der Waals surface area contributed by atoms with Gasteiger partial charge in [-0.1, -0.05) is 18.2 Å². The second kappa shape index (κ2) is 8.42. The van der Waals surface area contributed by atoms with Gasteiger partial charge in [-0.15, -0.1) is 0 Å². The molecular weight excluding hydrogens is 422 g/mol. The SMILES string of the molecule is Cc1oc2[nH]c(=O)n(-c3ccccc3)c(=O)c2c1C(=O)N1CCC(Nc2cccnc2)CC1. The number of nitrogens with zero attached hydrogens (tertiary/aromatic N) is 3. The summed E-state index contributed by atoms with van der Waals surface area (Å²) in [5.41, 5.74) is 0.400. The molecule has 2 N–H and O–H groups in total. The topological polar surface area (TPSA) is 113 Å². The lowest BCUT2D eigenvalue weighted by Crippen LogP contribution is -2.43. The maximum Gasteiger partial charge on any atom is 0.335 e. The molecule has 0 spiro atoms. The Morgan fingerprint density at radius 2 is 1.88 bits per heavy atom. The quantitative estimate of drug-likeness (QED) is 0.499. The molecule has 0 bridgehead atoms. The number of piperidine rings is 1. The molecule has 4 aromatic rings. The number of aromatic nitrogens is 3. The van der Waals surface area contributed by atoms with Gasteiger partial charge in [0.1, 0.15) is 11.1 Å². The van der Waals surface area contributed by atoms with Crippen molar-refractivity contribution in [3.63, 3.8) is 0 Å². The number of fused-ring (bicyclic) bond motifs is 1. The maximum absolute atomic E-state index is 13.4. The number of furan rings is 1. The molecule has 4 heterocycles. The Morgan fingerprint density at radius 3 is 2.58 bits per heavy atom. The molecule has 1 saturated heterocycles. The smallest absolute Gasteiger partial charge is 0.335 e. The Morgan fingerprint density at radius 1 is 1.12 bits per heavy atom. The van der Waals surface area contributed by atoms with Gasteiger partial charge >= 0.3 is 5.69 Å². The van der Waals surface area contributed by atoms with Gasteiger partial charge in [0, 0.05) is 31.5 Å². The van der Waals surface area contributed by atoms with Crippen LogP contribution in [-0.2, 0) is 0 Å². The zero-order valence-electron chi connectivity index (χ0n) is 18.1. The van der Waals surface area contributed by atoms with Crippen LogP contribution in [0.25, 0.3) is 16.8 Å². The van der Waals surface area contributed by atoms with Crippen LogP contribution >= 0.6 is 0 Å². The van der Waals surface area contributed by atoms with E-state index in [0.717, 1.165) is 23.1 Å². The van der Waals surface area contributed by atoms with Crippen LogP contribution in [-0.4, -0.2) is 44.5 Å². The van der Waals surface area contributed by atoms with Crippen molar-refractivity contribution >= 4 is 22.7 Å². The third kappa shape index (κ3) is 3.82. The highest BCUT2D eigenvalue weighted by Crippen LogP contribution is 2.25. The molecule has 0 radical (unpaired) electrons. The minimum atomic E-state index is -0.617. The van der Waals surface area contributed by atoms with Crippen LogP contribution in [0.5, 0.6) is 0 Å². The van der Waals surface area contributed by atoms with Crippen LogP contribution in [0, 0.1) is 6.92 Å². The van der Waals surface area contributed by atoms with E-state index in [1.165, 1.54) is 0 Å². The second-order valence-electron chi connectivity index (χ2n) is 8.10. The molecule has 1 amide bonds. The van der Waals surface area contributed by atoms with Gasteiger partial charge in [0.2, 0.25) is 5.71 Å². The lowest BCUT2D eigenvalue weighted by molar-refractivity contribution is 0.0718. The molecule has 3 aromatic heterocycles. The highest BCUT2D eigenvalue weighted by Gasteiger charge is 2.30. The number of H-pyrrole nitrogens is 1. The number of pyridine rings is 1. The third-order valence-corrected chi connectivity index (χ3v) is 5.97. The summed E-state index contributed by atoms with van der Waals surface area (Å²) < 4.78 is 6.65. The van der Waals surface area contributed by atoms with Gasteiger partial charge in [-0.2, -0.15) is 0 Å². The van der Waals surface area contributed by atoms with Crippen molar-refractivity contribution in [2.75, 3.05) is 18.4 Å². The highest BCUT2D eigenvalue weighted by molar-refractivity contribution is 6.06. The number of hydrogen-bond acceptors (Lipinski definition) is 6. The largest absolute Gasteiger partial charge is 0.444 e. The van der Waals surface area contributed by atoms with Gasteiger partial charge < -0.3 is 14.6 Å². The van der Waals surface area contributed by atoms with Gasteiger partial charge in [0.05, 0.1) is 16.9 Å². The number of benzene rings is 1. The van der Waals surface area contributed by atoms with Crippen LogP contribution in [0.15, 0.2) is 68.9 Å². The Kier molecular flexibility index (Phi) is 5.29. The van der Waals surface area contributed by atoms with Crippen LogP contribution in [0.3, 0.4) is 0 Å². The molecule has 0 atom stereocenters. The predicted octanol–water partition coefficient (Wildman–Crippen LogP) is 2.69. The summed E-state index contributed by atoms with van der Waals surface area (Å²) in [6.45, 7) is 2.72. The molecule has 0 aliphatic carbocycles. The van der Waals surface area contributed by atoms with Gasteiger partial charge in [0.15, 0.2) is 0 Å². The van der Waals surface area contributed by atoms with Gasteiger partial charge in [-0.05, 0) is 44.0 Å². The Labute approximate surface area is 188 Å². The number of para-hydroxylation sites is 1. The molecule has 5 rings (SSSR count). The van der Waals surface area contributed by atoms with Crippen LogP contribution < -0.4 is 16.6 Å². The molecular formula is C24H23N5O4. The first kappa shape index (κ1) is 20.7. The summed E-state index contributed by atoms with van der Waals surface area (Å²) in [7, 11) is 0. The van der Waals surface area contributed by atoms with Crippen molar-refractivity contribution in [3.8, 4) is 5.69 Å². The van der Waals surface area contributed by atoms with E-state index >= 15 is 0 Å². The second-order valence-corrected chi connectivity index (χ2v) is 8.10. The summed E-state index contributed by atoms with van der Waals surface area (Å²) >= 11 is 0. The summed E-state index contributed by atoms with van der Waals surface area (Å²) in [6.07, 6.45) is 5.03. The van der Waals surface area contributed by atoms with Crippen LogP contribution in [0.2, 0.25) is 0 Å². The predicted molar refractivity (Wildman–Crippen MR) is 124 cm³/mol. The Bertz CT molecular complexity index is 1410. The fraction of sp³-hybridized carbons (Fsp3) is 0.250. The lowest BCUT2D eigenvalue weighted by atomic mass is 10.0. The third-order valence-electron chi connectivity index (χ3n) is 5.97. The average molecular weight is 445 g/mol. The molecule has 9 heteroatoms. The van der Waals surface area contributed by atoms with Gasteiger partial charge in [-0.25, -0.2) is 9.36 Å². The number of hydrogen-bond donors (Lipinski definition) is 2. The fourth-order valence-corrected chi connectivity index (χ4v) is 4.33. The zero-order valence-corrected chi connectivity index (χ0v) is 18.1. The minimum absolute atomic E-state index is 0.0196. The Balaban J connectivity index is 1.44. The monoisotopic (exact) mass is 445 g/mol. The van der Waals surface area contributed by atoms with E-state index < -0.39 is 11.2 Å². The van der Waals surface area contributed by atoms with Crippen molar-refractivity contribution in [1.82, 2.24) is 19.4 Å². The van der Waals surface area contributed by atoms with Gasteiger partial charge in [0.25, 0.3) is 11.5 Å². The first-order valence-corrected chi connectivity index (χ1v) is 10.8. The van der Waals surface area contributed by atoms with E-state index in [0.29, 0.717) is 24.5 Å². The van der Waals surface area contributed by atoms with E-state index in [-0.39, 0.29) is 28.6 Å². The van der Waals surface area contributed by atoms with Crippen LogP contribution in [0.1, 0.15) is 29.0 Å². The van der Waals surface area contributed by atoms with Crippen molar-refractivity contribution in [1.29, 1.82) is 0 Å². The molecule has 1 aliphatic rings. The van der Waals surface area contributed by atoms with Gasteiger partial charge in [-0.3, -0.25) is 19.6 Å². The number of nitrogens with one attached hydrogen (secondary N) is 2. The number of amides is 1. The van der Waals surface area contributed by atoms with E-state index in [9.17, 15) is 14.4 Å².